The Hall–Kier alpha value is -1.84. The Bertz CT molecular complexity index is 582. The molecule has 0 aromatic heterocycles. The lowest BCUT2D eigenvalue weighted by Gasteiger charge is -2.08. The summed E-state index contributed by atoms with van der Waals surface area (Å²) in [6, 6.07) is 15.8. The van der Waals surface area contributed by atoms with Crippen LogP contribution in [0.15, 0.2) is 48.5 Å². The average Bonchev–Trinajstić information content (AvgIpc) is 3.16. The highest BCUT2D eigenvalue weighted by molar-refractivity contribution is 5.38. The largest absolute Gasteiger partial charge is 0.457 e. The molecule has 3 nitrogen and oxygen atoms in total. The molecule has 3 heteroatoms. The number of nitrogens with two attached hydrogens (primary N) is 1. The van der Waals surface area contributed by atoms with Crippen LogP contribution in [0.1, 0.15) is 23.5 Å². The van der Waals surface area contributed by atoms with Crippen molar-refractivity contribution in [1.29, 1.82) is 0 Å². The maximum Gasteiger partial charge on any atom is 0.127 e. The number of ether oxygens (including phenoxy) is 1. The van der Waals surface area contributed by atoms with Crippen LogP contribution in [0.3, 0.4) is 0 Å². The number of rotatable bonds is 4. The van der Waals surface area contributed by atoms with Crippen LogP contribution < -0.4 is 10.5 Å². The zero-order valence-corrected chi connectivity index (χ0v) is 10.6. The van der Waals surface area contributed by atoms with Gasteiger partial charge in [-0.1, -0.05) is 24.3 Å². The van der Waals surface area contributed by atoms with Crippen molar-refractivity contribution < 1.29 is 9.84 Å². The molecular weight excluding hydrogens is 238 g/mol. The predicted octanol–water partition coefficient (Wildman–Crippen LogP) is 2.79. The highest BCUT2D eigenvalue weighted by Gasteiger charge is 2.34. The van der Waals surface area contributed by atoms with Gasteiger partial charge in [0.25, 0.3) is 0 Å². The van der Waals surface area contributed by atoms with Crippen molar-refractivity contribution in [2.24, 2.45) is 5.73 Å². The van der Waals surface area contributed by atoms with E-state index in [-0.39, 0.29) is 6.61 Å². The molecule has 0 spiro atoms. The summed E-state index contributed by atoms with van der Waals surface area (Å²) < 4.78 is 5.82. The zero-order valence-electron chi connectivity index (χ0n) is 10.6. The molecule has 2 atom stereocenters. The van der Waals surface area contributed by atoms with E-state index < -0.39 is 0 Å². The third-order valence-electron chi connectivity index (χ3n) is 3.44. The Morgan fingerprint density at radius 1 is 1.11 bits per heavy atom. The van der Waals surface area contributed by atoms with Crippen molar-refractivity contribution >= 4 is 0 Å². The zero-order chi connectivity index (χ0) is 13.2. The molecule has 2 aromatic carbocycles. The van der Waals surface area contributed by atoms with Crippen LogP contribution >= 0.6 is 0 Å². The fourth-order valence-electron chi connectivity index (χ4n) is 2.25. The third kappa shape index (κ3) is 2.78. The molecule has 1 aliphatic carbocycles. The molecule has 0 heterocycles. The Balaban J connectivity index is 1.78. The van der Waals surface area contributed by atoms with Gasteiger partial charge >= 0.3 is 0 Å². The minimum atomic E-state index is 0.0220. The molecule has 3 N–H and O–H groups in total. The predicted molar refractivity (Wildman–Crippen MR) is 74.2 cm³/mol. The maximum atomic E-state index is 9.11. The third-order valence-corrected chi connectivity index (χ3v) is 3.44. The molecule has 1 aliphatic rings. The second-order valence-corrected chi connectivity index (χ2v) is 4.99. The van der Waals surface area contributed by atoms with E-state index >= 15 is 0 Å². The molecule has 0 aliphatic heterocycles. The van der Waals surface area contributed by atoms with Gasteiger partial charge in [0.15, 0.2) is 0 Å². The van der Waals surface area contributed by atoms with Gasteiger partial charge in [0, 0.05) is 12.0 Å². The number of aliphatic hydroxyl groups is 1. The Morgan fingerprint density at radius 2 is 1.79 bits per heavy atom. The van der Waals surface area contributed by atoms with E-state index in [0.29, 0.717) is 12.0 Å². The van der Waals surface area contributed by atoms with Gasteiger partial charge in [-0.15, -0.1) is 0 Å². The van der Waals surface area contributed by atoms with Gasteiger partial charge in [0.1, 0.15) is 11.5 Å². The lowest BCUT2D eigenvalue weighted by Crippen LogP contribution is -2.00. The minimum Gasteiger partial charge on any atom is -0.457 e. The highest BCUT2D eigenvalue weighted by Crippen LogP contribution is 2.40. The van der Waals surface area contributed by atoms with E-state index in [9.17, 15) is 0 Å². The summed E-state index contributed by atoms with van der Waals surface area (Å²) in [4.78, 5) is 0. The van der Waals surface area contributed by atoms with E-state index in [1.165, 1.54) is 5.56 Å². The monoisotopic (exact) mass is 255 g/mol. The van der Waals surface area contributed by atoms with Crippen LogP contribution in [0, 0.1) is 0 Å². The molecule has 0 saturated heterocycles. The molecule has 0 amide bonds. The maximum absolute atomic E-state index is 9.11. The lowest BCUT2D eigenvalue weighted by atomic mass is 10.1. The van der Waals surface area contributed by atoms with Gasteiger partial charge in [0.05, 0.1) is 6.61 Å². The summed E-state index contributed by atoms with van der Waals surface area (Å²) in [5, 5.41) is 9.11. The summed E-state index contributed by atoms with van der Waals surface area (Å²) in [6.45, 7) is 0.0220. The lowest BCUT2D eigenvalue weighted by molar-refractivity contribution is 0.281. The van der Waals surface area contributed by atoms with Crippen LogP contribution in [0.25, 0.3) is 0 Å². The quantitative estimate of drug-likeness (QED) is 0.883. The molecule has 0 radical (unpaired) electrons. The smallest absolute Gasteiger partial charge is 0.127 e. The van der Waals surface area contributed by atoms with Crippen molar-refractivity contribution in [3.8, 4) is 11.5 Å². The Labute approximate surface area is 112 Å². The molecule has 1 saturated carbocycles. The van der Waals surface area contributed by atoms with E-state index in [2.05, 4.69) is 6.07 Å². The van der Waals surface area contributed by atoms with Crippen molar-refractivity contribution in [3.05, 3.63) is 59.7 Å². The van der Waals surface area contributed by atoms with Crippen molar-refractivity contribution in [3.63, 3.8) is 0 Å². The summed E-state index contributed by atoms with van der Waals surface area (Å²) in [7, 11) is 0. The van der Waals surface area contributed by atoms with Crippen LogP contribution in [-0.4, -0.2) is 11.1 Å². The molecule has 2 unspecified atom stereocenters. The van der Waals surface area contributed by atoms with Gasteiger partial charge in [-0.3, -0.25) is 0 Å². The molecule has 98 valence electrons. The summed E-state index contributed by atoms with van der Waals surface area (Å²) in [5.41, 5.74) is 7.95. The highest BCUT2D eigenvalue weighted by atomic mass is 16.5. The first kappa shape index (κ1) is 12.2. The van der Waals surface area contributed by atoms with Crippen molar-refractivity contribution in [2.45, 2.75) is 25.0 Å². The van der Waals surface area contributed by atoms with E-state index in [1.807, 2.05) is 42.5 Å². The van der Waals surface area contributed by atoms with Gasteiger partial charge in [-0.2, -0.15) is 0 Å². The molecule has 0 bridgehead atoms. The second kappa shape index (κ2) is 5.03. The molecule has 2 aromatic rings. The van der Waals surface area contributed by atoms with E-state index in [0.717, 1.165) is 23.5 Å². The minimum absolute atomic E-state index is 0.0220. The first-order chi connectivity index (χ1) is 9.26. The van der Waals surface area contributed by atoms with Gasteiger partial charge in [-0.05, 0) is 41.8 Å². The average molecular weight is 255 g/mol. The number of benzene rings is 2. The first-order valence-corrected chi connectivity index (χ1v) is 6.49. The van der Waals surface area contributed by atoms with Crippen LogP contribution in [-0.2, 0) is 6.61 Å². The number of hydrogen-bond acceptors (Lipinski definition) is 3. The van der Waals surface area contributed by atoms with Gasteiger partial charge < -0.3 is 15.6 Å². The van der Waals surface area contributed by atoms with Crippen LogP contribution in [0.2, 0.25) is 0 Å². The summed E-state index contributed by atoms with van der Waals surface area (Å²) in [6.07, 6.45) is 1.06. The second-order valence-electron chi connectivity index (χ2n) is 4.99. The normalized spacial score (nSPS) is 21.2. The molecule has 1 fully saturated rings. The van der Waals surface area contributed by atoms with E-state index in [1.54, 1.807) is 0 Å². The van der Waals surface area contributed by atoms with Crippen molar-refractivity contribution in [2.75, 3.05) is 0 Å². The van der Waals surface area contributed by atoms with Gasteiger partial charge in [0.2, 0.25) is 0 Å². The molecule has 19 heavy (non-hydrogen) atoms. The summed E-state index contributed by atoms with van der Waals surface area (Å²) >= 11 is 0. The van der Waals surface area contributed by atoms with Crippen molar-refractivity contribution in [1.82, 2.24) is 0 Å². The fourth-order valence-corrected chi connectivity index (χ4v) is 2.25. The van der Waals surface area contributed by atoms with Crippen LogP contribution in [0.4, 0.5) is 0 Å². The molecule has 3 rings (SSSR count). The Morgan fingerprint density at radius 3 is 2.47 bits per heavy atom. The number of aliphatic hydroxyl groups excluding tert-OH is 1. The SMILES string of the molecule is NC1CC1c1cccc(Oc2cccc(CO)c2)c1. The number of hydrogen-bond donors (Lipinski definition) is 2. The summed E-state index contributed by atoms with van der Waals surface area (Å²) in [5.74, 6) is 2.03. The van der Waals surface area contributed by atoms with E-state index in [4.69, 9.17) is 15.6 Å². The fraction of sp³-hybridized carbons (Fsp3) is 0.250. The molecular formula is C16H17NO2. The van der Waals surface area contributed by atoms with Crippen LogP contribution in [0.5, 0.6) is 11.5 Å². The first-order valence-electron chi connectivity index (χ1n) is 6.49. The topological polar surface area (TPSA) is 55.5 Å². The standard InChI is InChI=1S/C16H17NO2/c17-16-9-15(16)12-4-2-6-14(8-12)19-13-5-1-3-11(7-13)10-18/h1-8,15-16,18H,9-10,17H2. The Kier molecular flexibility index (Phi) is 3.23. The van der Waals surface area contributed by atoms with Gasteiger partial charge in [-0.25, -0.2) is 0 Å².